The van der Waals surface area contributed by atoms with Crippen LogP contribution in [0.3, 0.4) is 0 Å². The molecular formula is C20H24N2O4. The minimum absolute atomic E-state index is 0.0822. The molecule has 0 radical (unpaired) electrons. The number of nitrogens with zero attached hydrogens (tertiary/aromatic N) is 1. The van der Waals surface area contributed by atoms with E-state index in [1.54, 1.807) is 31.4 Å². The number of nitrogens with one attached hydrogen (secondary N) is 1. The zero-order valence-corrected chi connectivity index (χ0v) is 15.2. The van der Waals surface area contributed by atoms with E-state index in [9.17, 15) is 14.9 Å². The molecule has 0 bridgehead atoms. The Morgan fingerprint density at radius 3 is 2.23 bits per heavy atom. The molecule has 2 atom stereocenters. The van der Waals surface area contributed by atoms with Crippen molar-refractivity contribution in [3.05, 3.63) is 75.8 Å². The fraction of sp³-hybridized carbons (Fsp3) is 0.350. The number of ether oxygens (including phenoxy) is 1. The summed E-state index contributed by atoms with van der Waals surface area (Å²) < 4.78 is 5.14. The van der Waals surface area contributed by atoms with Crippen molar-refractivity contribution in [2.75, 3.05) is 7.11 Å². The van der Waals surface area contributed by atoms with E-state index in [2.05, 4.69) is 5.32 Å². The summed E-state index contributed by atoms with van der Waals surface area (Å²) in [4.78, 5) is 23.8. The predicted octanol–water partition coefficient (Wildman–Crippen LogP) is 3.40. The van der Waals surface area contributed by atoms with E-state index in [-0.39, 0.29) is 12.5 Å². The molecule has 0 aliphatic carbocycles. The summed E-state index contributed by atoms with van der Waals surface area (Å²) in [6, 6.07) is 15.1. The molecule has 6 heteroatoms. The third-order valence-electron chi connectivity index (χ3n) is 4.36. The van der Waals surface area contributed by atoms with Gasteiger partial charge in [-0.25, -0.2) is 0 Å². The minimum Gasteiger partial charge on any atom is -0.497 e. The second-order valence-corrected chi connectivity index (χ2v) is 6.48. The molecule has 2 aromatic rings. The van der Waals surface area contributed by atoms with Gasteiger partial charge in [-0.3, -0.25) is 14.9 Å². The highest BCUT2D eigenvalue weighted by atomic mass is 16.6. The van der Waals surface area contributed by atoms with Crippen molar-refractivity contribution in [2.45, 2.75) is 32.4 Å². The van der Waals surface area contributed by atoms with E-state index < -0.39 is 22.8 Å². The molecule has 1 N–H and O–H groups in total. The molecule has 0 heterocycles. The van der Waals surface area contributed by atoms with Crippen LogP contribution in [0, 0.1) is 16.0 Å². The summed E-state index contributed by atoms with van der Waals surface area (Å²) >= 11 is 0. The number of hydrogen-bond acceptors (Lipinski definition) is 4. The van der Waals surface area contributed by atoms with E-state index in [1.807, 2.05) is 44.2 Å². The van der Waals surface area contributed by atoms with Crippen LogP contribution in [0.2, 0.25) is 0 Å². The molecule has 2 unspecified atom stereocenters. The van der Waals surface area contributed by atoms with Crippen LogP contribution < -0.4 is 10.1 Å². The molecule has 0 spiro atoms. The average Bonchev–Trinajstić information content (AvgIpc) is 2.64. The summed E-state index contributed by atoms with van der Waals surface area (Å²) in [6.45, 7) is 4.03. The summed E-state index contributed by atoms with van der Waals surface area (Å²) in [7, 11) is 1.56. The van der Waals surface area contributed by atoms with Crippen LogP contribution in [0.25, 0.3) is 0 Å². The largest absolute Gasteiger partial charge is 0.497 e. The molecule has 1 amide bonds. The third-order valence-corrected chi connectivity index (χ3v) is 4.36. The van der Waals surface area contributed by atoms with Crippen molar-refractivity contribution in [3.63, 3.8) is 0 Å². The van der Waals surface area contributed by atoms with Crippen molar-refractivity contribution in [1.82, 2.24) is 5.32 Å². The first kappa shape index (κ1) is 19.4. The Labute approximate surface area is 153 Å². The summed E-state index contributed by atoms with van der Waals surface area (Å²) in [6.07, 6.45) is 0. The smallest absolute Gasteiger partial charge is 0.296 e. The van der Waals surface area contributed by atoms with Gasteiger partial charge >= 0.3 is 0 Å². The van der Waals surface area contributed by atoms with Gasteiger partial charge in [0, 0.05) is 11.5 Å². The van der Waals surface area contributed by atoms with Gasteiger partial charge in [0.15, 0.2) is 0 Å². The Morgan fingerprint density at radius 2 is 1.73 bits per heavy atom. The first-order valence-corrected chi connectivity index (χ1v) is 8.53. The van der Waals surface area contributed by atoms with Crippen molar-refractivity contribution in [3.8, 4) is 5.75 Å². The topological polar surface area (TPSA) is 81.5 Å². The first-order valence-electron chi connectivity index (χ1n) is 8.53. The SMILES string of the molecule is COc1ccc(C(C(C)C)C(C(=O)NCc2ccccc2)[N+](=O)[O-])cc1. The summed E-state index contributed by atoms with van der Waals surface area (Å²) in [5.41, 5.74) is 1.64. The lowest BCUT2D eigenvalue weighted by atomic mass is 9.82. The van der Waals surface area contributed by atoms with E-state index in [0.717, 1.165) is 11.1 Å². The Balaban J connectivity index is 2.22. The lowest BCUT2D eigenvalue weighted by Crippen LogP contribution is -2.44. The molecule has 0 saturated carbocycles. The maximum absolute atomic E-state index is 12.6. The van der Waals surface area contributed by atoms with Crippen molar-refractivity contribution in [1.29, 1.82) is 0 Å². The number of hydrogen-bond donors (Lipinski definition) is 1. The molecular weight excluding hydrogens is 332 g/mol. The zero-order valence-electron chi connectivity index (χ0n) is 15.2. The number of amides is 1. The van der Waals surface area contributed by atoms with Crippen LogP contribution in [0.15, 0.2) is 54.6 Å². The molecule has 0 saturated heterocycles. The maximum atomic E-state index is 12.6. The predicted molar refractivity (Wildman–Crippen MR) is 99.6 cm³/mol. The average molecular weight is 356 g/mol. The van der Waals surface area contributed by atoms with Gasteiger partial charge < -0.3 is 10.1 Å². The Hall–Kier alpha value is -2.89. The molecule has 0 aliphatic heterocycles. The quantitative estimate of drug-likeness (QED) is 0.580. The van der Waals surface area contributed by atoms with Crippen LogP contribution in [-0.2, 0) is 11.3 Å². The Bertz CT molecular complexity index is 729. The normalized spacial score (nSPS) is 13.1. The molecule has 2 aromatic carbocycles. The van der Waals surface area contributed by atoms with Crippen molar-refractivity contribution in [2.24, 2.45) is 5.92 Å². The molecule has 0 fully saturated rings. The second kappa shape index (κ2) is 8.99. The molecule has 138 valence electrons. The van der Waals surface area contributed by atoms with Gasteiger partial charge in [0.2, 0.25) is 0 Å². The van der Waals surface area contributed by atoms with Gasteiger partial charge in [0.25, 0.3) is 11.9 Å². The van der Waals surface area contributed by atoms with Gasteiger partial charge in [-0.05, 0) is 29.2 Å². The fourth-order valence-corrected chi connectivity index (χ4v) is 3.04. The number of methoxy groups -OCH3 is 1. The number of benzene rings is 2. The van der Waals surface area contributed by atoms with E-state index in [0.29, 0.717) is 5.75 Å². The first-order chi connectivity index (χ1) is 12.4. The second-order valence-electron chi connectivity index (χ2n) is 6.48. The van der Waals surface area contributed by atoms with E-state index >= 15 is 0 Å². The lowest BCUT2D eigenvalue weighted by Gasteiger charge is -2.24. The highest BCUT2D eigenvalue weighted by Crippen LogP contribution is 2.31. The number of nitro groups is 1. The molecule has 26 heavy (non-hydrogen) atoms. The Kier molecular flexibility index (Phi) is 6.72. The van der Waals surface area contributed by atoms with Gasteiger partial charge in [0.1, 0.15) is 5.75 Å². The van der Waals surface area contributed by atoms with Gasteiger partial charge in [-0.2, -0.15) is 0 Å². The van der Waals surface area contributed by atoms with Crippen molar-refractivity contribution >= 4 is 5.91 Å². The highest BCUT2D eigenvalue weighted by molar-refractivity contribution is 5.81. The third kappa shape index (κ3) is 4.81. The van der Waals surface area contributed by atoms with Gasteiger partial charge in [-0.15, -0.1) is 0 Å². The zero-order chi connectivity index (χ0) is 19.1. The molecule has 6 nitrogen and oxygen atoms in total. The van der Waals surface area contributed by atoms with Crippen LogP contribution in [-0.4, -0.2) is 24.0 Å². The molecule has 0 aliphatic rings. The number of carbonyl (C=O) groups excluding carboxylic acids is 1. The highest BCUT2D eigenvalue weighted by Gasteiger charge is 2.41. The van der Waals surface area contributed by atoms with Crippen LogP contribution in [0.1, 0.15) is 30.9 Å². The maximum Gasteiger partial charge on any atom is 0.296 e. The molecule has 2 rings (SSSR count). The van der Waals surface area contributed by atoms with Crippen LogP contribution in [0.5, 0.6) is 5.75 Å². The van der Waals surface area contributed by atoms with Gasteiger partial charge in [0.05, 0.1) is 13.0 Å². The number of rotatable bonds is 8. The van der Waals surface area contributed by atoms with E-state index in [1.165, 1.54) is 0 Å². The van der Waals surface area contributed by atoms with Crippen molar-refractivity contribution < 1.29 is 14.5 Å². The Morgan fingerprint density at radius 1 is 1.12 bits per heavy atom. The summed E-state index contributed by atoms with van der Waals surface area (Å²) in [5, 5.41) is 14.4. The summed E-state index contributed by atoms with van der Waals surface area (Å²) in [5.74, 6) is -0.524. The monoisotopic (exact) mass is 356 g/mol. The number of carbonyl (C=O) groups is 1. The molecule has 0 aromatic heterocycles. The minimum atomic E-state index is -1.35. The fourth-order valence-electron chi connectivity index (χ4n) is 3.04. The van der Waals surface area contributed by atoms with Crippen LogP contribution in [0.4, 0.5) is 0 Å². The van der Waals surface area contributed by atoms with Gasteiger partial charge in [-0.1, -0.05) is 56.3 Å². The van der Waals surface area contributed by atoms with E-state index in [4.69, 9.17) is 4.74 Å². The van der Waals surface area contributed by atoms with Crippen LogP contribution >= 0.6 is 0 Å². The standard InChI is InChI=1S/C20H24N2O4/c1-14(2)18(16-9-11-17(26-3)12-10-16)19(22(24)25)20(23)21-13-15-7-5-4-6-8-15/h4-12,14,18-19H,13H2,1-3H3,(H,21,23). The lowest BCUT2D eigenvalue weighted by molar-refractivity contribution is -0.513.